The molecular weight excluding hydrogens is 431 g/mol. The molecule has 29 heavy (non-hydrogen) atoms. The predicted octanol–water partition coefficient (Wildman–Crippen LogP) is 6.16. The zero-order valence-corrected chi connectivity index (χ0v) is 17.7. The summed E-state index contributed by atoms with van der Waals surface area (Å²) in [7, 11) is 0. The van der Waals surface area contributed by atoms with Crippen molar-refractivity contribution in [3.05, 3.63) is 64.2 Å². The van der Waals surface area contributed by atoms with Crippen LogP contribution >= 0.6 is 35.0 Å². The summed E-state index contributed by atoms with van der Waals surface area (Å²) in [6, 6.07) is 11.0. The Kier molecular flexibility index (Phi) is 4.53. The van der Waals surface area contributed by atoms with Gasteiger partial charge in [-0.1, -0.05) is 35.0 Å². The molecule has 5 rings (SSSR count). The van der Waals surface area contributed by atoms with E-state index in [1.165, 1.54) is 0 Å². The number of aryl methyl sites for hydroxylation is 1. The van der Waals surface area contributed by atoms with Crippen LogP contribution in [0.2, 0.25) is 10.0 Å². The summed E-state index contributed by atoms with van der Waals surface area (Å²) < 4.78 is 13.2. The quantitative estimate of drug-likeness (QED) is 0.378. The van der Waals surface area contributed by atoms with Gasteiger partial charge in [0.25, 0.3) is 0 Å². The molecule has 1 unspecified atom stereocenters. The van der Waals surface area contributed by atoms with Gasteiger partial charge in [0, 0.05) is 10.6 Å². The minimum absolute atomic E-state index is 0.0460. The summed E-state index contributed by atoms with van der Waals surface area (Å²) >= 11 is 13.9. The van der Waals surface area contributed by atoms with Crippen LogP contribution in [0.3, 0.4) is 0 Å². The first-order valence-electron chi connectivity index (χ1n) is 8.82. The van der Waals surface area contributed by atoms with Crippen molar-refractivity contribution in [1.29, 1.82) is 0 Å². The predicted molar refractivity (Wildman–Crippen MR) is 114 cm³/mol. The molecule has 0 N–H and O–H groups in total. The van der Waals surface area contributed by atoms with Crippen LogP contribution < -0.4 is 0 Å². The molecule has 0 saturated carbocycles. The summed E-state index contributed by atoms with van der Waals surface area (Å²) in [5, 5.41) is 15.3. The van der Waals surface area contributed by atoms with Crippen molar-refractivity contribution in [1.82, 2.24) is 14.9 Å². The van der Waals surface area contributed by atoms with Crippen LogP contribution in [0, 0.1) is 6.92 Å². The summed E-state index contributed by atoms with van der Waals surface area (Å²) in [5.74, 6) is 2.72. The van der Waals surface area contributed by atoms with E-state index in [1.54, 1.807) is 34.8 Å². The van der Waals surface area contributed by atoms with Gasteiger partial charge in [-0.15, -0.1) is 10.2 Å². The lowest BCUT2D eigenvalue weighted by molar-refractivity contribution is 0.534. The second-order valence-corrected chi connectivity index (χ2v) is 8.69. The van der Waals surface area contributed by atoms with Gasteiger partial charge in [-0.3, -0.25) is 0 Å². The van der Waals surface area contributed by atoms with E-state index in [-0.39, 0.29) is 5.25 Å². The first-order chi connectivity index (χ1) is 14.0. The van der Waals surface area contributed by atoms with Gasteiger partial charge in [0.1, 0.15) is 17.2 Å². The summed E-state index contributed by atoms with van der Waals surface area (Å²) in [6.45, 7) is 3.94. The van der Waals surface area contributed by atoms with E-state index in [0.29, 0.717) is 27.4 Å². The zero-order valence-electron chi connectivity index (χ0n) is 15.4. The molecule has 0 amide bonds. The number of fused-ring (bicyclic) bond motifs is 1. The van der Waals surface area contributed by atoms with Gasteiger partial charge in [0.15, 0.2) is 11.6 Å². The Morgan fingerprint density at radius 2 is 1.86 bits per heavy atom. The van der Waals surface area contributed by atoms with Crippen molar-refractivity contribution in [3.8, 4) is 22.7 Å². The van der Waals surface area contributed by atoms with Crippen LogP contribution in [0.4, 0.5) is 0 Å². The second-order valence-electron chi connectivity index (χ2n) is 6.54. The number of hydrogen-bond donors (Lipinski definition) is 0. The fraction of sp³-hybridized carbons (Fsp3) is 0.150. The lowest BCUT2D eigenvalue weighted by Crippen LogP contribution is -2.21. The zero-order chi connectivity index (χ0) is 20.1. The van der Waals surface area contributed by atoms with E-state index < -0.39 is 0 Å². The van der Waals surface area contributed by atoms with Crippen LogP contribution in [0.15, 0.2) is 61.8 Å². The van der Waals surface area contributed by atoms with Crippen molar-refractivity contribution in [2.75, 3.05) is 0 Å². The lowest BCUT2D eigenvalue weighted by atomic mass is 10.2. The number of benzene rings is 1. The number of aromatic nitrogens is 3. The van der Waals surface area contributed by atoms with E-state index >= 15 is 0 Å². The molecule has 1 atom stereocenters. The molecule has 1 aromatic carbocycles. The van der Waals surface area contributed by atoms with Crippen LogP contribution in [-0.2, 0) is 0 Å². The highest BCUT2D eigenvalue weighted by Crippen LogP contribution is 2.36. The maximum atomic E-state index is 6.32. The first kappa shape index (κ1) is 18.5. The monoisotopic (exact) mass is 444 g/mol. The van der Waals surface area contributed by atoms with E-state index in [4.69, 9.17) is 37.1 Å². The SMILES string of the molecule is Cc1occc1-c1nnc2n1N=C(c1ccc(-c3ccc(Cl)cc3Cl)o1)C(C)S2. The number of hydrogen-bond acceptors (Lipinski definition) is 6. The van der Waals surface area contributed by atoms with Crippen LogP contribution in [-0.4, -0.2) is 25.8 Å². The lowest BCUT2D eigenvalue weighted by Gasteiger charge is -2.18. The van der Waals surface area contributed by atoms with Gasteiger partial charge in [0.2, 0.25) is 5.16 Å². The molecule has 0 spiro atoms. The van der Waals surface area contributed by atoms with Gasteiger partial charge in [-0.25, -0.2) is 0 Å². The van der Waals surface area contributed by atoms with E-state index in [9.17, 15) is 0 Å². The largest absolute Gasteiger partial charge is 0.469 e. The molecule has 4 aromatic rings. The van der Waals surface area contributed by atoms with Crippen molar-refractivity contribution in [2.45, 2.75) is 24.3 Å². The molecule has 9 heteroatoms. The molecule has 3 aromatic heterocycles. The summed E-state index contributed by atoms with van der Waals surface area (Å²) in [5.41, 5.74) is 2.43. The van der Waals surface area contributed by atoms with Gasteiger partial charge in [-0.2, -0.15) is 9.78 Å². The van der Waals surface area contributed by atoms with Gasteiger partial charge >= 0.3 is 0 Å². The highest BCUT2D eigenvalue weighted by atomic mass is 35.5. The molecule has 4 heterocycles. The molecule has 0 radical (unpaired) electrons. The molecule has 0 fully saturated rings. The third-order valence-corrected chi connectivity index (χ3v) is 6.23. The smallest absolute Gasteiger partial charge is 0.213 e. The Morgan fingerprint density at radius 3 is 2.62 bits per heavy atom. The normalized spacial score (nSPS) is 16.0. The topological polar surface area (TPSA) is 69.3 Å². The molecule has 0 bridgehead atoms. The molecule has 146 valence electrons. The molecule has 0 aliphatic carbocycles. The van der Waals surface area contributed by atoms with Crippen LogP contribution in [0.25, 0.3) is 22.7 Å². The maximum Gasteiger partial charge on any atom is 0.213 e. The molecule has 0 saturated heterocycles. The maximum absolute atomic E-state index is 6.32. The number of rotatable bonds is 3. The fourth-order valence-electron chi connectivity index (χ4n) is 3.18. The average molecular weight is 445 g/mol. The third kappa shape index (κ3) is 3.19. The van der Waals surface area contributed by atoms with Crippen molar-refractivity contribution >= 4 is 40.7 Å². The van der Waals surface area contributed by atoms with Gasteiger partial charge < -0.3 is 8.83 Å². The van der Waals surface area contributed by atoms with Crippen molar-refractivity contribution < 1.29 is 8.83 Å². The Labute approximate surface area is 180 Å². The van der Waals surface area contributed by atoms with Crippen LogP contribution in [0.1, 0.15) is 18.4 Å². The second kappa shape index (κ2) is 7.09. The van der Waals surface area contributed by atoms with E-state index in [2.05, 4.69) is 17.1 Å². The first-order valence-corrected chi connectivity index (χ1v) is 10.5. The molecule has 1 aliphatic heterocycles. The number of thioether (sulfide) groups is 1. The molecule has 6 nitrogen and oxygen atoms in total. The summed E-state index contributed by atoms with van der Waals surface area (Å²) in [6.07, 6.45) is 1.63. The fourth-order valence-corrected chi connectivity index (χ4v) is 4.58. The summed E-state index contributed by atoms with van der Waals surface area (Å²) in [4.78, 5) is 0. The number of nitrogens with zero attached hydrogens (tertiary/aromatic N) is 4. The Balaban J connectivity index is 1.57. The number of halogens is 2. The standard InChI is InChI=1S/C20H14Cl2N4O2S/c1-10-13(7-8-27-10)19-23-24-20-26(19)25-18(11(2)29-20)17-6-5-16(28-17)14-4-3-12(21)9-15(14)22/h3-9,11H,1-2H3. The molecular formula is C20H14Cl2N4O2S. The minimum atomic E-state index is 0.0460. The van der Waals surface area contributed by atoms with Gasteiger partial charge in [-0.05, 0) is 50.2 Å². The Hall–Kier alpha value is -2.48. The Morgan fingerprint density at radius 1 is 1.03 bits per heavy atom. The molecule has 1 aliphatic rings. The van der Waals surface area contributed by atoms with Gasteiger partial charge in [0.05, 0.1) is 22.1 Å². The highest BCUT2D eigenvalue weighted by molar-refractivity contribution is 8.00. The van der Waals surface area contributed by atoms with E-state index in [0.717, 1.165) is 27.8 Å². The third-order valence-electron chi connectivity index (χ3n) is 4.64. The average Bonchev–Trinajstić information content (AvgIpc) is 3.40. The highest BCUT2D eigenvalue weighted by Gasteiger charge is 2.29. The number of furan rings is 2. The Bertz CT molecular complexity index is 1260. The van der Waals surface area contributed by atoms with Crippen molar-refractivity contribution in [3.63, 3.8) is 0 Å². The van der Waals surface area contributed by atoms with Crippen molar-refractivity contribution in [2.24, 2.45) is 5.10 Å². The van der Waals surface area contributed by atoms with E-state index in [1.807, 2.05) is 31.2 Å². The van der Waals surface area contributed by atoms with Crippen LogP contribution in [0.5, 0.6) is 0 Å². The minimum Gasteiger partial charge on any atom is -0.469 e.